The summed E-state index contributed by atoms with van der Waals surface area (Å²) in [5, 5.41) is 3.37. The zero-order valence-corrected chi connectivity index (χ0v) is 33.6. The minimum atomic E-state index is -2.46. The average molecular weight is 819 g/mol. The molecule has 10 rings (SSSR count). The van der Waals surface area contributed by atoms with E-state index in [1.807, 2.05) is 52.1 Å². The minimum Gasteiger partial charge on any atom is -0.370 e. The molecule has 6 aliphatic rings. The molecule has 3 fully saturated rings. The molecular weight excluding hydrogens is 771 g/mol. The number of pyridine rings is 1. The molecule has 312 valence electrons. The van der Waals surface area contributed by atoms with Crippen LogP contribution in [-0.4, -0.2) is 117 Å². The number of aromatic nitrogens is 2. The summed E-state index contributed by atoms with van der Waals surface area (Å²) in [6.45, 7) is 6.07. The number of nitrogens with one attached hydrogen (secondary N) is 2. The SMILES string of the molecule is C[C@@H]1Cc2c([nH]c3ccccc23)[C@@H](c2ccc(N3CCC4(CCN(C(=O)CN5Cc6cc7c(cc6C5)C(=O)N(C5CCC(=O)NC5=O)C7=O)CC4)CC3)cn2)N1CC(F)F. The lowest BCUT2D eigenvalue weighted by Gasteiger charge is -2.47. The summed E-state index contributed by atoms with van der Waals surface area (Å²) in [5.41, 5.74) is 7.40. The molecule has 1 spiro atoms. The Morgan fingerprint density at radius 2 is 1.60 bits per heavy atom. The molecule has 2 aromatic carbocycles. The lowest BCUT2D eigenvalue weighted by atomic mass is 9.71. The van der Waals surface area contributed by atoms with E-state index in [9.17, 15) is 32.8 Å². The van der Waals surface area contributed by atoms with Crippen LogP contribution in [0.1, 0.15) is 100 Å². The summed E-state index contributed by atoms with van der Waals surface area (Å²) in [5.74, 6) is -2.03. The average Bonchev–Trinajstić information content (AvgIpc) is 3.88. The maximum Gasteiger partial charge on any atom is 0.262 e. The first-order valence-electron chi connectivity index (χ1n) is 21.2. The molecule has 3 saturated heterocycles. The van der Waals surface area contributed by atoms with Crippen molar-refractivity contribution in [2.75, 3.05) is 44.2 Å². The molecular formula is C45H48F2N8O5. The van der Waals surface area contributed by atoms with Gasteiger partial charge in [-0.05, 0) is 97.9 Å². The third-order valence-corrected chi connectivity index (χ3v) is 14.2. The monoisotopic (exact) mass is 818 g/mol. The summed E-state index contributed by atoms with van der Waals surface area (Å²) in [6.07, 6.45) is 4.23. The van der Waals surface area contributed by atoms with Crippen LogP contribution in [0, 0.1) is 5.41 Å². The van der Waals surface area contributed by atoms with Crippen molar-refractivity contribution in [3.05, 3.63) is 93.9 Å². The first kappa shape index (κ1) is 38.6. The molecule has 60 heavy (non-hydrogen) atoms. The van der Waals surface area contributed by atoms with Gasteiger partial charge in [0, 0.05) is 68.3 Å². The Bertz CT molecular complexity index is 2370. The van der Waals surface area contributed by atoms with Gasteiger partial charge in [0.1, 0.15) is 6.04 Å². The zero-order valence-electron chi connectivity index (χ0n) is 33.6. The number of anilines is 1. The Balaban J connectivity index is 0.735. The highest BCUT2D eigenvalue weighted by molar-refractivity contribution is 6.23. The molecule has 15 heteroatoms. The van der Waals surface area contributed by atoms with Gasteiger partial charge < -0.3 is 14.8 Å². The van der Waals surface area contributed by atoms with Gasteiger partial charge in [-0.1, -0.05) is 18.2 Å². The Morgan fingerprint density at radius 3 is 2.25 bits per heavy atom. The van der Waals surface area contributed by atoms with Crippen LogP contribution in [0.5, 0.6) is 0 Å². The van der Waals surface area contributed by atoms with Gasteiger partial charge in [-0.2, -0.15) is 0 Å². The number of amides is 5. The zero-order chi connectivity index (χ0) is 41.4. The van der Waals surface area contributed by atoms with Crippen molar-refractivity contribution >= 4 is 46.1 Å². The predicted octanol–water partition coefficient (Wildman–Crippen LogP) is 4.79. The fraction of sp³-hybridized carbons (Fsp3) is 0.467. The number of nitrogens with zero attached hydrogens (tertiary/aromatic N) is 6. The summed E-state index contributed by atoms with van der Waals surface area (Å²) in [7, 11) is 0. The third-order valence-electron chi connectivity index (χ3n) is 14.2. The van der Waals surface area contributed by atoms with E-state index in [0.717, 1.165) is 82.8 Å². The van der Waals surface area contributed by atoms with Crippen LogP contribution in [0.15, 0.2) is 54.7 Å². The Morgan fingerprint density at radius 1 is 0.917 bits per heavy atom. The van der Waals surface area contributed by atoms with E-state index >= 15 is 0 Å². The third kappa shape index (κ3) is 6.66. The normalized spacial score (nSPS) is 24.4. The van der Waals surface area contributed by atoms with Crippen LogP contribution in [0.4, 0.5) is 14.5 Å². The Hall–Kier alpha value is -5.54. The van der Waals surface area contributed by atoms with Crippen molar-refractivity contribution in [3.8, 4) is 0 Å². The summed E-state index contributed by atoms with van der Waals surface area (Å²) < 4.78 is 27.8. The van der Waals surface area contributed by atoms with Crippen molar-refractivity contribution in [1.82, 2.24) is 34.9 Å². The largest absolute Gasteiger partial charge is 0.370 e. The number of rotatable bonds is 7. The summed E-state index contributed by atoms with van der Waals surface area (Å²) in [6, 6.07) is 14.2. The van der Waals surface area contributed by atoms with Gasteiger partial charge in [0.2, 0.25) is 17.7 Å². The second-order valence-electron chi connectivity index (χ2n) is 17.7. The molecule has 2 aromatic heterocycles. The molecule has 2 N–H and O–H groups in total. The van der Waals surface area contributed by atoms with Gasteiger partial charge in [-0.3, -0.25) is 49.0 Å². The van der Waals surface area contributed by atoms with E-state index in [-0.39, 0.29) is 54.4 Å². The van der Waals surface area contributed by atoms with Crippen LogP contribution in [0.2, 0.25) is 0 Å². The van der Waals surface area contributed by atoms with E-state index in [1.54, 1.807) is 12.1 Å². The van der Waals surface area contributed by atoms with Crippen molar-refractivity contribution in [1.29, 1.82) is 0 Å². The second-order valence-corrected chi connectivity index (χ2v) is 17.7. The van der Waals surface area contributed by atoms with Crippen molar-refractivity contribution in [3.63, 3.8) is 0 Å². The Kier molecular flexibility index (Phi) is 9.58. The number of benzene rings is 2. The number of likely N-dealkylation sites (tertiary alicyclic amines) is 1. The lowest BCUT2D eigenvalue weighted by Crippen LogP contribution is -2.54. The van der Waals surface area contributed by atoms with Crippen LogP contribution in [0.25, 0.3) is 10.9 Å². The van der Waals surface area contributed by atoms with Crippen LogP contribution < -0.4 is 10.2 Å². The van der Waals surface area contributed by atoms with Gasteiger partial charge in [0.05, 0.1) is 47.8 Å². The standard InChI is InChI=1S/C45H48F2N8O5/c1-26-18-31-30-4-2-3-5-34(30)49-40(31)41(54(26)24-37(46)47)35-7-6-29(21-48-35)52-14-10-45(11-15-52)12-16-53(17-13-45)39(57)25-51-22-27-19-32-33(20-28(27)23-51)44(60)55(43(32)59)36-8-9-38(56)50-42(36)58/h2-7,19-21,26,36-37,41,49H,8-18,22-25H2,1H3,(H,50,56,58)/t26-,36?,41-/m1/s1. The number of hydrogen-bond acceptors (Lipinski definition) is 9. The van der Waals surface area contributed by atoms with E-state index in [1.165, 1.54) is 5.56 Å². The number of carbonyl (C=O) groups excluding carboxylic acids is 5. The number of imide groups is 2. The van der Waals surface area contributed by atoms with Crippen LogP contribution in [0.3, 0.4) is 0 Å². The molecule has 4 aromatic rings. The number of alkyl halides is 2. The predicted molar refractivity (Wildman–Crippen MR) is 217 cm³/mol. The number of H-pyrrole nitrogens is 1. The van der Waals surface area contributed by atoms with Gasteiger partial charge in [0.15, 0.2) is 0 Å². The van der Waals surface area contributed by atoms with E-state index in [4.69, 9.17) is 4.98 Å². The van der Waals surface area contributed by atoms with E-state index < -0.39 is 42.1 Å². The molecule has 6 aliphatic heterocycles. The summed E-state index contributed by atoms with van der Waals surface area (Å²) >= 11 is 0. The summed E-state index contributed by atoms with van der Waals surface area (Å²) in [4.78, 5) is 82.0. The Labute approximate surface area is 346 Å². The molecule has 8 heterocycles. The molecule has 13 nitrogen and oxygen atoms in total. The number of carbonyl (C=O) groups is 5. The fourth-order valence-electron chi connectivity index (χ4n) is 10.8. The number of fused-ring (bicyclic) bond motifs is 5. The maximum absolute atomic E-state index is 13.9. The van der Waals surface area contributed by atoms with Crippen molar-refractivity contribution in [2.24, 2.45) is 5.41 Å². The first-order valence-corrected chi connectivity index (χ1v) is 21.2. The first-order chi connectivity index (χ1) is 28.9. The molecule has 0 saturated carbocycles. The van der Waals surface area contributed by atoms with Crippen molar-refractivity contribution in [2.45, 2.75) is 89.5 Å². The highest BCUT2D eigenvalue weighted by Crippen LogP contribution is 2.44. The van der Waals surface area contributed by atoms with Crippen LogP contribution in [-0.2, 0) is 33.9 Å². The molecule has 0 bridgehead atoms. The molecule has 5 amide bonds. The fourth-order valence-corrected chi connectivity index (χ4v) is 10.8. The molecule has 1 unspecified atom stereocenters. The number of aromatic amines is 1. The lowest BCUT2D eigenvalue weighted by molar-refractivity contribution is -0.137. The van der Waals surface area contributed by atoms with Crippen LogP contribution >= 0.6 is 0 Å². The number of halogens is 2. The highest BCUT2D eigenvalue weighted by Gasteiger charge is 2.46. The number of hydrogen-bond donors (Lipinski definition) is 2. The van der Waals surface area contributed by atoms with E-state index in [0.29, 0.717) is 32.6 Å². The molecule has 0 radical (unpaired) electrons. The quantitative estimate of drug-likeness (QED) is 0.252. The van der Waals surface area contributed by atoms with Gasteiger partial charge >= 0.3 is 0 Å². The maximum atomic E-state index is 13.9. The van der Waals surface area contributed by atoms with Crippen molar-refractivity contribution < 1.29 is 32.8 Å². The molecule has 3 atom stereocenters. The van der Waals surface area contributed by atoms with Gasteiger partial charge in [0.25, 0.3) is 18.2 Å². The topological polar surface area (TPSA) is 142 Å². The number of para-hydroxylation sites is 1. The minimum absolute atomic E-state index is 0.0678. The molecule has 0 aliphatic carbocycles. The van der Waals surface area contributed by atoms with E-state index in [2.05, 4.69) is 27.3 Å². The smallest absolute Gasteiger partial charge is 0.262 e. The van der Waals surface area contributed by atoms with Gasteiger partial charge in [-0.15, -0.1) is 0 Å². The van der Waals surface area contributed by atoms with Gasteiger partial charge in [-0.25, -0.2) is 8.78 Å². The number of piperidine rings is 3. The highest BCUT2D eigenvalue weighted by atomic mass is 19.3. The second kappa shape index (κ2) is 14.9.